The molecule has 1 N–H and O–H groups in total. The van der Waals surface area contributed by atoms with Crippen molar-refractivity contribution in [3.8, 4) is 0 Å². The maximum absolute atomic E-state index is 13.4. The molecule has 1 unspecified atom stereocenters. The van der Waals surface area contributed by atoms with E-state index in [1.807, 2.05) is 19.9 Å². The Hall–Kier alpha value is -2.25. The van der Waals surface area contributed by atoms with Gasteiger partial charge in [0.1, 0.15) is 11.9 Å². The minimum Gasteiger partial charge on any atom is -0.311 e. The zero-order valence-electron chi connectivity index (χ0n) is 14.9. The highest BCUT2D eigenvalue weighted by Gasteiger charge is 2.35. The fraction of sp³-hybridized carbons (Fsp3) is 0.316. The summed E-state index contributed by atoms with van der Waals surface area (Å²) in [6.45, 7) is 5.65. The summed E-state index contributed by atoms with van der Waals surface area (Å²) >= 11 is 0. The van der Waals surface area contributed by atoms with E-state index < -0.39 is 16.1 Å². The Morgan fingerprint density at radius 3 is 2.35 bits per heavy atom. The monoisotopic (exact) mass is 376 g/mol. The lowest BCUT2D eigenvalue weighted by Gasteiger charge is -2.18. The van der Waals surface area contributed by atoms with Gasteiger partial charge in [0, 0.05) is 12.2 Å². The van der Waals surface area contributed by atoms with Gasteiger partial charge in [0.2, 0.25) is 15.9 Å². The number of anilines is 1. The molecule has 0 radical (unpaired) electrons. The Morgan fingerprint density at radius 2 is 1.73 bits per heavy atom. The van der Waals surface area contributed by atoms with Crippen molar-refractivity contribution in [1.82, 2.24) is 4.72 Å². The van der Waals surface area contributed by atoms with Gasteiger partial charge in [-0.1, -0.05) is 6.07 Å². The van der Waals surface area contributed by atoms with Crippen LogP contribution in [0.5, 0.6) is 0 Å². The third-order valence-electron chi connectivity index (χ3n) is 4.46. The lowest BCUT2D eigenvalue weighted by Crippen LogP contribution is -2.41. The molecule has 1 saturated heterocycles. The van der Waals surface area contributed by atoms with Gasteiger partial charge < -0.3 is 4.90 Å². The Morgan fingerprint density at radius 1 is 1.08 bits per heavy atom. The van der Waals surface area contributed by atoms with Crippen LogP contribution in [0.1, 0.15) is 23.1 Å². The van der Waals surface area contributed by atoms with Crippen molar-refractivity contribution in [3.63, 3.8) is 0 Å². The summed E-state index contributed by atoms with van der Waals surface area (Å²) in [5, 5.41) is 0. The van der Waals surface area contributed by atoms with Crippen molar-refractivity contribution in [2.45, 2.75) is 38.1 Å². The van der Waals surface area contributed by atoms with Crippen LogP contribution in [0.2, 0.25) is 0 Å². The molecule has 1 aliphatic heterocycles. The van der Waals surface area contributed by atoms with Gasteiger partial charge in [-0.3, -0.25) is 4.79 Å². The molecule has 7 heteroatoms. The molecule has 5 nitrogen and oxygen atoms in total. The van der Waals surface area contributed by atoms with E-state index in [4.69, 9.17) is 0 Å². The van der Waals surface area contributed by atoms with Gasteiger partial charge >= 0.3 is 0 Å². The zero-order chi connectivity index (χ0) is 19.1. The summed E-state index contributed by atoms with van der Waals surface area (Å²) in [7, 11) is -3.80. The van der Waals surface area contributed by atoms with Crippen LogP contribution in [0.25, 0.3) is 0 Å². The predicted octanol–water partition coefficient (Wildman–Crippen LogP) is 2.83. The number of rotatable bonds is 4. The van der Waals surface area contributed by atoms with Crippen LogP contribution in [-0.4, -0.2) is 26.9 Å². The van der Waals surface area contributed by atoms with Crippen LogP contribution in [0.15, 0.2) is 41.3 Å². The summed E-state index contributed by atoms with van der Waals surface area (Å²) in [6.07, 6.45) is 0.360. The highest BCUT2D eigenvalue weighted by Crippen LogP contribution is 2.25. The zero-order valence-corrected chi connectivity index (χ0v) is 15.7. The molecule has 2 aromatic rings. The normalized spacial score (nSPS) is 17.8. The van der Waals surface area contributed by atoms with E-state index >= 15 is 0 Å². The Bertz CT molecular complexity index is 952. The van der Waals surface area contributed by atoms with Crippen molar-refractivity contribution >= 4 is 21.6 Å². The van der Waals surface area contributed by atoms with Crippen molar-refractivity contribution in [2.75, 3.05) is 11.4 Å². The van der Waals surface area contributed by atoms with Gasteiger partial charge in [-0.05, 0) is 74.2 Å². The van der Waals surface area contributed by atoms with Crippen LogP contribution < -0.4 is 9.62 Å². The SMILES string of the molecule is Cc1cc(C)cc(S(=O)(=O)NC2CCN(c3ccc(F)c(C)c3)C2=O)c1. The van der Waals surface area contributed by atoms with Crippen molar-refractivity contribution in [1.29, 1.82) is 0 Å². The third kappa shape index (κ3) is 3.64. The Kier molecular flexibility index (Phi) is 4.86. The second-order valence-corrected chi connectivity index (χ2v) is 8.42. The van der Waals surface area contributed by atoms with Crippen LogP contribution in [0.4, 0.5) is 10.1 Å². The highest BCUT2D eigenvalue weighted by molar-refractivity contribution is 7.89. The van der Waals surface area contributed by atoms with Gasteiger partial charge in [-0.25, -0.2) is 12.8 Å². The summed E-state index contributed by atoms with van der Waals surface area (Å²) in [5.41, 5.74) is 2.69. The number of nitrogens with one attached hydrogen (secondary N) is 1. The molecule has 1 atom stereocenters. The standard InChI is InChI=1S/C19H21FN2O3S/c1-12-8-13(2)10-16(9-12)26(24,25)21-18-6-7-22(19(18)23)15-4-5-17(20)14(3)11-15/h4-5,8-11,18,21H,6-7H2,1-3H3. The smallest absolute Gasteiger partial charge is 0.245 e. The number of benzene rings is 2. The van der Waals surface area contributed by atoms with Gasteiger partial charge in [0.05, 0.1) is 4.90 Å². The van der Waals surface area contributed by atoms with E-state index in [1.165, 1.54) is 17.0 Å². The molecule has 1 fully saturated rings. The van der Waals surface area contributed by atoms with E-state index in [9.17, 15) is 17.6 Å². The maximum atomic E-state index is 13.4. The molecule has 1 aliphatic rings. The first-order valence-corrected chi connectivity index (χ1v) is 9.84. The molecular formula is C19H21FN2O3S. The lowest BCUT2D eigenvalue weighted by atomic mass is 10.2. The molecule has 0 bridgehead atoms. The second-order valence-electron chi connectivity index (χ2n) is 6.71. The van der Waals surface area contributed by atoms with Gasteiger partial charge in [-0.2, -0.15) is 4.72 Å². The summed E-state index contributed by atoms with van der Waals surface area (Å²) in [5.74, 6) is -0.670. The van der Waals surface area contributed by atoms with Crippen molar-refractivity contribution in [2.24, 2.45) is 0 Å². The van der Waals surface area contributed by atoms with E-state index in [2.05, 4.69) is 4.72 Å². The molecule has 3 rings (SSSR count). The van der Waals surface area contributed by atoms with Crippen LogP contribution in [0, 0.1) is 26.6 Å². The summed E-state index contributed by atoms with van der Waals surface area (Å²) < 4.78 is 41.2. The van der Waals surface area contributed by atoms with Gasteiger partial charge in [-0.15, -0.1) is 0 Å². The molecule has 26 heavy (non-hydrogen) atoms. The van der Waals surface area contributed by atoms with Gasteiger partial charge in [0.25, 0.3) is 0 Å². The molecule has 1 amide bonds. The van der Waals surface area contributed by atoms with Gasteiger partial charge in [0.15, 0.2) is 0 Å². The van der Waals surface area contributed by atoms with Crippen LogP contribution in [0.3, 0.4) is 0 Å². The van der Waals surface area contributed by atoms with E-state index in [-0.39, 0.29) is 16.6 Å². The molecule has 138 valence electrons. The minimum atomic E-state index is -3.80. The first-order chi connectivity index (χ1) is 12.2. The van der Waals surface area contributed by atoms with Crippen molar-refractivity contribution < 1.29 is 17.6 Å². The van der Waals surface area contributed by atoms with Crippen LogP contribution in [-0.2, 0) is 14.8 Å². The number of aryl methyl sites for hydroxylation is 3. The number of hydrogen-bond donors (Lipinski definition) is 1. The molecule has 0 spiro atoms. The van der Waals surface area contributed by atoms with Crippen molar-refractivity contribution in [3.05, 3.63) is 58.9 Å². The van der Waals surface area contributed by atoms with E-state index in [1.54, 1.807) is 25.1 Å². The average Bonchev–Trinajstić information content (AvgIpc) is 2.89. The topological polar surface area (TPSA) is 66.5 Å². The Balaban J connectivity index is 1.81. The number of nitrogens with zero attached hydrogens (tertiary/aromatic N) is 1. The first kappa shape index (κ1) is 18.5. The number of carbonyl (C=O) groups is 1. The number of hydrogen-bond acceptors (Lipinski definition) is 3. The maximum Gasteiger partial charge on any atom is 0.245 e. The number of carbonyl (C=O) groups excluding carboxylic acids is 1. The molecular weight excluding hydrogens is 355 g/mol. The molecule has 0 aromatic heterocycles. The van der Waals surface area contributed by atoms with E-state index in [0.29, 0.717) is 24.2 Å². The fourth-order valence-corrected chi connectivity index (χ4v) is 4.60. The second kappa shape index (κ2) is 6.81. The van der Waals surface area contributed by atoms with E-state index in [0.717, 1.165) is 11.1 Å². The quantitative estimate of drug-likeness (QED) is 0.892. The molecule has 1 heterocycles. The minimum absolute atomic E-state index is 0.152. The number of halogens is 1. The average molecular weight is 376 g/mol. The Labute approximate surface area is 152 Å². The van der Waals surface area contributed by atoms with Crippen LogP contribution >= 0.6 is 0 Å². The third-order valence-corrected chi connectivity index (χ3v) is 5.91. The summed E-state index contributed by atoms with van der Waals surface area (Å²) in [4.78, 5) is 14.3. The predicted molar refractivity (Wildman–Crippen MR) is 98.1 cm³/mol. The summed E-state index contributed by atoms with van der Waals surface area (Å²) in [6, 6.07) is 8.65. The fourth-order valence-electron chi connectivity index (χ4n) is 3.19. The molecule has 0 saturated carbocycles. The largest absolute Gasteiger partial charge is 0.311 e. The highest BCUT2D eigenvalue weighted by atomic mass is 32.2. The molecule has 0 aliphatic carbocycles. The first-order valence-electron chi connectivity index (χ1n) is 8.35. The number of sulfonamides is 1. The lowest BCUT2D eigenvalue weighted by molar-refractivity contribution is -0.118. The number of amides is 1. The molecule has 2 aromatic carbocycles.